The van der Waals surface area contributed by atoms with Crippen LogP contribution < -0.4 is 11.1 Å². The summed E-state index contributed by atoms with van der Waals surface area (Å²) in [5, 5.41) is 3.13. The highest BCUT2D eigenvalue weighted by Crippen LogP contribution is 2.09. The van der Waals surface area contributed by atoms with Gasteiger partial charge in [-0.25, -0.2) is 0 Å². The SMILES string of the molecule is C.CCCCCCCCCOCC/C=C\CCCCCCC(=O)N[C@H](C)CCCCC.CCCCC[C@@H](N)C(=O)OC. The molecule has 2 atom stereocenters. The Bertz CT molecular complexity index is 583. The molecule has 0 heterocycles. The molecule has 0 aromatic carbocycles. The van der Waals surface area contributed by atoms with E-state index in [-0.39, 0.29) is 19.3 Å². The molecule has 0 aliphatic heterocycles. The van der Waals surface area contributed by atoms with Crippen LogP contribution in [0.2, 0.25) is 0 Å². The fourth-order valence-corrected chi connectivity index (χ4v) is 4.55. The average Bonchev–Trinajstić information content (AvgIpc) is 2.96. The molecule has 0 saturated heterocycles. The van der Waals surface area contributed by atoms with Gasteiger partial charge in [-0.3, -0.25) is 9.59 Å². The van der Waals surface area contributed by atoms with Crippen LogP contribution >= 0.6 is 0 Å². The van der Waals surface area contributed by atoms with Gasteiger partial charge in [0.15, 0.2) is 0 Å². The Morgan fingerprint density at radius 1 is 0.690 bits per heavy atom. The summed E-state index contributed by atoms with van der Waals surface area (Å²) < 4.78 is 10.2. The van der Waals surface area contributed by atoms with Gasteiger partial charge in [0.2, 0.25) is 5.91 Å². The number of hydrogen-bond donors (Lipinski definition) is 2. The minimum atomic E-state index is -0.424. The number of methoxy groups -OCH3 is 1. The van der Waals surface area contributed by atoms with Crippen molar-refractivity contribution in [1.29, 1.82) is 0 Å². The zero-order chi connectivity index (χ0) is 30.8. The first kappa shape index (κ1) is 45.0. The Morgan fingerprint density at radius 2 is 1.21 bits per heavy atom. The number of unbranched alkanes of at least 4 members (excludes halogenated alkanes) is 14. The number of ether oxygens (including phenoxy) is 2. The molecule has 0 radical (unpaired) electrons. The molecule has 42 heavy (non-hydrogen) atoms. The molecule has 0 saturated carbocycles. The molecule has 252 valence electrons. The third-order valence-corrected chi connectivity index (χ3v) is 7.28. The van der Waals surface area contributed by atoms with Gasteiger partial charge in [0, 0.05) is 19.1 Å². The zero-order valence-corrected chi connectivity index (χ0v) is 28.0. The fraction of sp³-hybridized carbons (Fsp3) is 0.889. The molecule has 0 aliphatic carbocycles. The van der Waals surface area contributed by atoms with E-state index >= 15 is 0 Å². The standard InChI is InChI=1S/C27H53NO2.C8H17NO2.CH4/c1-4-6-8-9-13-16-20-24-30-25-21-17-14-11-10-12-15-19-23-27(29)28-26(3)22-18-7-5-2;1-3-4-5-6-7(9)8(10)11-2;/h14,17,26H,4-13,15-16,18-25H2,1-3H3,(H,28,29);7H,3-6,9H2,1-2H3;1H4/b17-14-;;/t26-;7-;/m11./s1. The number of allylic oxidation sites excluding steroid dienone is 1. The van der Waals surface area contributed by atoms with E-state index in [1.54, 1.807) is 0 Å². The minimum absolute atomic E-state index is 0. The third kappa shape index (κ3) is 36.6. The molecule has 0 bridgehead atoms. The van der Waals surface area contributed by atoms with E-state index in [1.165, 1.54) is 84.2 Å². The topological polar surface area (TPSA) is 90.6 Å². The van der Waals surface area contributed by atoms with Crippen molar-refractivity contribution >= 4 is 11.9 Å². The highest BCUT2D eigenvalue weighted by atomic mass is 16.5. The predicted octanol–water partition coefficient (Wildman–Crippen LogP) is 9.83. The van der Waals surface area contributed by atoms with Crippen molar-refractivity contribution in [3.8, 4) is 0 Å². The first-order valence-corrected chi connectivity index (χ1v) is 17.3. The van der Waals surface area contributed by atoms with Crippen molar-refractivity contribution in [3.63, 3.8) is 0 Å². The van der Waals surface area contributed by atoms with Gasteiger partial charge in [-0.2, -0.15) is 0 Å². The summed E-state index contributed by atoms with van der Waals surface area (Å²) in [5.74, 6) is -0.0727. The summed E-state index contributed by atoms with van der Waals surface area (Å²) in [6.07, 6.45) is 30.3. The molecule has 0 rings (SSSR count). The molecule has 1 amide bonds. The largest absolute Gasteiger partial charge is 0.468 e. The lowest BCUT2D eigenvalue weighted by atomic mass is 10.1. The molecule has 0 unspecified atom stereocenters. The van der Waals surface area contributed by atoms with E-state index in [0.29, 0.717) is 12.5 Å². The van der Waals surface area contributed by atoms with E-state index in [4.69, 9.17) is 10.5 Å². The second kappa shape index (κ2) is 37.6. The lowest BCUT2D eigenvalue weighted by Gasteiger charge is -2.13. The van der Waals surface area contributed by atoms with Gasteiger partial charge >= 0.3 is 5.97 Å². The average molecular weight is 599 g/mol. The van der Waals surface area contributed by atoms with Crippen LogP contribution in [0.5, 0.6) is 0 Å². The predicted molar refractivity (Wildman–Crippen MR) is 183 cm³/mol. The second-order valence-corrected chi connectivity index (χ2v) is 11.5. The van der Waals surface area contributed by atoms with Crippen molar-refractivity contribution in [2.45, 2.75) is 188 Å². The number of nitrogens with two attached hydrogens (primary N) is 1. The Hall–Kier alpha value is -1.40. The van der Waals surface area contributed by atoms with E-state index in [2.05, 4.69) is 49.9 Å². The lowest BCUT2D eigenvalue weighted by Crippen LogP contribution is -2.32. The minimum Gasteiger partial charge on any atom is -0.468 e. The monoisotopic (exact) mass is 599 g/mol. The normalized spacial score (nSPS) is 12.2. The molecule has 3 N–H and O–H groups in total. The van der Waals surface area contributed by atoms with Gasteiger partial charge in [-0.05, 0) is 51.9 Å². The van der Waals surface area contributed by atoms with Crippen LogP contribution in [0.3, 0.4) is 0 Å². The van der Waals surface area contributed by atoms with Gasteiger partial charge in [0.05, 0.1) is 13.7 Å². The van der Waals surface area contributed by atoms with E-state index < -0.39 is 6.04 Å². The van der Waals surface area contributed by atoms with Crippen LogP contribution in [0, 0.1) is 0 Å². The maximum absolute atomic E-state index is 11.9. The summed E-state index contributed by atoms with van der Waals surface area (Å²) in [6.45, 7) is 10.5. The number of esters is 1. The maximum atomic E-state index is 11.9. The summed E-state index contributed by atoms with van der Waals surface area (Å²) in [5.41, 5.74) is 5.49. The highest BCUT2D eigenvalue weighted by Gasteiger charge is 2.11. The van der Waals surface area contributed by atoms with E-state index in [1.807, 2.05) is 0 Å². The molecule has 0 spiro atoms. The summed E-state index contributed by atoms with van der Waals surface area (Å²) in [6, 6.07) is -0.0970. The molecule has 0 aromatic heterocycles. The number of hydrogen-bond acceptors (Lipinski definition) is 5. The van der Waals surface area contributed by atoms with Crippen LogP contribution in [-0.2, 0) is 19.1 Å². The van der Waals surface area contributed by atoms with Gasteiger partial charge in [0.1, 0.15) is 6.04 Å². The van der Waals surface area contributed by atoms with Crippen LogP contribution in [0.1, 0.15) is 176 Å². The quantitative estimate of drug-likeness (QED) is 0.0531. The Balaban J connectivity index is -0.00000107. The Kier molecular flexibility index (Phi) is 40.3. The molecular formula is C36H74N2O4. The van der Waals surface area contributed by atoms with Gasteiger partial charge in [0.25, 0.3) is 0 Å². The summed E-state index contributed by atoms with van der Waals surface area (Å²) in [7, 11) is 1.36. The molecule has 0 aromatic rings. The third-order valence-electron chi connectivity index (χ3n) is 7.28. The Morgan fingerprint density at radius 3 is 1.86 bits per heavy atom. The number of amides is 1. The van der Waals surface area contributed by atoms with Crippen LogP contribution in [0.15, 0.2) is 12.2 Å². The first-order valence-electron chi connectivity index (χ1n) is 17.3. The van der Waals surface area contributed by atoms with Crippen LogP contribution in [0.4, 0.5) is 0 Å². The van der Waals surface area contributed by atoms with Crippen LogP contribution in [0.25, 0.3) is 0 Å². The van der Waals surface area contributed by atoms with E-state index in [0.717, 1.165) is 71.0 Å². The lowest BCUT2D eigenvalue weighted by molar-refractivity contribution is -0.142. The fourth-order valence-electron chi connectivity index (χ4n) is 4.55. The summed E-state index contributed by atoms with van der Waals surface area (Å²) >= 11 is 0. The number of carbonyl (C=O) groups excluding carboxylic acids is 2. The zero-order valence-electron chi connectivity index (χ0n) is 28.0. The summed E-state index contributed by atoms with van der Waals surface area (Å²) in [4.78, 5) is 22.7. The van der Waals surface area contributed by atoms with Crippen molar-refractivity contribution in [3.05, 3.63) is 12.2 Å². The van der Waals surface area contributed by atoms with Gasteiger partial charge in [-0.1, -0.05) is 130 Å². The van der Waals surface area contributed by atoms with Gasteiger partial charge < -0.3 is 20.5 Å². The molecule has 6 nitrogen and oxygen atoms in total. The second-order valence-electron chi connectivity index (χ2n) is 11.5. The number of nitrogens with one attached hydrogen (secondary N) is 1. The number of rotatable bonds is 28. The molecule has 6 heteroatoms. The number of carbonyl (C=O) groups is 2. The smallest absolute Gasteiger partial charge is 0.322 e. The maximum Gasteiger partial charge on any atom is 0.322 e. The van der Waals surface area contributed by atoms with Crippen molar-refractivity contribution in [1.82, 2.24) is 5.32 Å². The molecule has 0 aliphatic rings. The van der Waals surface area contributed by atoms with Crippen molar-refractivity contribution < 1.29 is 19.1 Å². The van der Waals surface area contributed by atoms with Crippen molar-refractivity contribution in [2.75, 3.05) is 20.3 Å². The molecular weight excluding hydrogens is 524 g/mol. The van der Waals surface area contributed by atoms with Gasteiger partial charge in [-0.15, -0.1) is 0 Å². The van der Waals surface area contributed by atoms with Crippen molar-refractivity contribution in [2.24, 2.45) is 5.73 Å². The Labute approximate surface area is 262 Å². The van der Waals surface area contributed by atoms with Crippen LogP contribution in [-0.4, -0.2) is 44.3 Å². The highest BCUT2D eigenvalue weighted by molar-refractivity contribution is 5.76. The first-order chi connectivity index (χ1) is 19.9. The van der Waals surface area contributed by atoms with E-state index in [9.17, 15) is 9.59 Å². The molecule has 0 fully saturated rings.